The van der Waals surface area contributed by atoms with Crippen LogP contribution in [0, 0.1) is 0 Å². The van der Waals surface area contributed by atoms with Crippen LogP contribution in [0.15, 0.2) is 11.6 Å². The first kappa shape index (κ1) is 8.68. The number of carbonyl (C=O) groups excluding carboxylic acids is 1. The van der Waals surface area contributed by atoms with Gasteiger partial charge in [-0.15, -0.1) is 0 Å². The lowest BCUT2D eigenvalue weighted by molar-refractivity contribution is -0.136. The zero-order valence-electron chi connectivity index (χ0n) is 7.01. The van der Waals surface area contributed by atoms with E-state index in [2.05, 4.69) is 4.74 Å². The Bertz CT molecular complexity index is 272. The van der Waals surface area contributed by atoms with Gasteiger partial charge < -0.3 is 19.7 Å². The highest BCUT2D eigenvalue weighted by Gasteiger charge is 2.54. The van der Waals surface area contributed by atoms with Crippen molar-refractivity contribution in [1.29, 1.82) is 0 Å². The number of carbonyl (C=O) groups is 1. The Morgan fingerprint density at radius 2 is 2.31 bits per heavy atom. The standard InChI is InChI=1S/C8H10O5/c1-12-8(11)3-2-4(9)5(10)7-6(3)13-7/h2,4-7,9-10H,1H3/t4-,5-,6+,7-/m0/s1. The molecule has 1 aliphatic carbocycles. The zero-order valence-corrected chi connectivity index (χ0v) is 7.01. The molecule has 2 N–H and O–H groups in total. The van der Waals surface area contributed by atoms with E-state index in [1.807, 2.05) is 0 Å². The maximum absolute atomic E-state index is 11.1. The lowest BCUT2D eigenvalue weighted by atomic mass is 9.95. The van der Waals surface area contributed by atoms with Gasteiger partial charge in [-0.05, 0) is 6.08 Å². The zero-order chi connectivity index (χ0) is 9.59. The van der Waals surface area contributed by atoms with E-state index in [0.29, 0.717) is 5.57 Å². The van der Waals surface area contributed by atoms with Crippen molar-refractivity contribution < 1.29 is 24.5 Å². The van der Waals surface area contributed by atoms with Crippen molar-refractivity contribution in [3.05, 3.63) is 11.6 Å². The minimum Gasteiger partial charge on any atom is -0.466 e. The third kappa shape index (κ3) is 1.25. The third-order valence-electron chi connectivity index (χ3n) is 2.29. The molecule has 0 saturated carbocycles. The van der Waals surface area contributed by atoms with E-state index in [1.54, 1.807) is 0 Å². The van der Waals surface area contributed by atoms with Crippen molar-refractivity contribution in [2.45, 2.75) is 24.4 Å². The molecule has 4 atom stereocenters. The fourth-order valence-electron chi connectivity index (χ4n) is 1.51. The summed E-state index contributed by atoms with van der Waals surface area (Å²) < 4.78 is 9.51. The molecule has 1 heterocycles. The highest BCUT2D eigenvalue weighted by molar-refractivity contribution is 5.90. The molecule has 72 valence electrons. The normalized spacial score (nSPS) is 41.9. The maximum atomic E-state index is 11.1. The first-order chi connectivity index (χ1) is 6.15. The number of rotatable bonds is 1. The summed E-state index contributed by atoms with van der Waals surface area (Å²) in [6.45, 7) is 0. The maximum Gasteiger partial charge on any atom is 0.336 e. The molecular formula is C8H10O5. The molecule has 5 nitrogen and oxygen atoms in total. The van der Waals surface area contributed by atoms with Crippen molar-refractivity contribution >= 4 is 5.97 Å². The van der Waals surface area contributed by atoms with Crippen LogP contribution in [-0.4, -0.2) is 47.7 Å². The first-order valence-corrected chi connectivity index (χ1v) is 3.96. The minimum absolute atomic E-state index is 0.297. The quantitative estimate of drug-likeness (QED) is 0.388. The van der Waals surface area contributed by atoms with E-state index in [1.165, 1.54) is 13.2 Å². The van der Waals surface area contributed by atoms with E-state index in [0.717, 1.165) is 0 Å². The number of aliphatic hydroxyl groups excluding tert-OH is 2. The summed E-state index contributed by atoms with van der Waals surface area (Å²) in [6.07, 6.45) is -1.54. The molecule has 2 rings (SSSR count). The van der Waals surface area contributed by atoms with Crippen LogP contribution in [0.2, 0.25) is 0 Å². The summed E-state index contributed by atoms with van der Waals surface area (Å²) in [5.74, 6) is -0.515. The molecule has 0 aromatic heterocycles. The van der Waals surface area contributed by atoms with E-state index in [4.69, 9.17) is 4.74 Å². The lowest BCUT2D eigenvalue weighted by Gasteiger charge is -2.17. The molecule has 0 radical (unpaired) electrons. The van der Waals surface area contributed by atoms with Crippen LogP contribution in [0.5, 0.6) is 0 Å². The fraction of sp³-hybridized carbons (Fsp3) is 0.625. The Labute approximate surface area is 74.6 Å². The van der Waals surface area contributed by atoms with E-state index >= 15 is 0 Å². The topological polar surface area (TPSA) is 79.3 Å². The Hall–Kier alpha value is -0.910. The molecule has 0 spiro atoms. The number of methoxy groups -OCH3 is 1. The van der Waals surface area contributed by atoms with Crippen molar-refractivity contribution in [2.75, 3.05) is 7.11 Å². The minimum atomic E-state index is -1.04. The molecule has 0 bridgehead atoms. The van der Waals surface area contributed by atoms with Gasteiger partial charge in [0.15, 0.2) is 0 Å². The summed E-state index contributed by atoms with van der Waals surface area (Å²) >= 11 is 0. The molecule has 2 aliphatic rings. The fourth-order valence-corrected chi connectivity index (χ4v) is 1.51. The van der Waals surface area contributed by atoms with Crippen LogP contribution < -0.4 is 0 Å². The van der Waals surface area contributed by atoms with E-state index in [9.17, 15) is 15.0 Å². The molecule has 13 heavy (non-hydrogen) atoms. The Morgan fingerprint density at radius 3 is 2.92 bits per heavy atom. The number of ether oxygens (including phenoxy) is 2. The SMILES string of the molecule is COC(=O)C1=C[C@H](O)[C@H](O)[C@@H]2O[C@H]12. The van der Waals surface area contributed by atoms with Crippen LogP contribution in [0.3, 0.4) is 0 Å². The Balaban J connectivity index is 2.21. The second-order valence-electron chi connectivity index (χ2n) is 3.12. The summed E-state index contributed by atoms with van der Waals surface area (Å²) in [5, 5.41) is 18.6. The van der Waals surface area contributed by atoms with Crippen LogP contribution in [0.1, 0.15) is 0 Å². The second-order valence-corrected chi connectivity index (χ2v) is 3.12. The van der Waals surface area contributed by atoms with Gasteiger partial charge in [-0.1, -0.05) is 0 Å². The Morgan fingerprint density at radius 1 is 1.62 bits per heavy atom. The molecular weight excluding hydrogens is 176 g/mol. The average Bonchev–Trinajstić information content (AvgIpc) is 2.89. The summed E-state index contributed by atoms with van der Waals surface area (Å²) in [6, 6.07) is 0. The molecule has 0 aromatic carbocycles. The van der Waals surface area contributed by atoms with Crippen molar-refractivity contribution in [1.82, 2.24) is 0 Å². The van der Waals surface area contributed by atoms with E-state index in [-0.39, 0.29) is 0 Å². The van der Waals surface area contributed by atoms with Crippen LogP contribution in [-0.2, 0) is 14.3 Å². The largest absolute Gasteiger partial charge is 0.466 e. The predicted molar refractivity (Wildman–Crippen MR) is 40.8 cm³/mol. The van der Waals surface area contributed by atoms with Gasteiger partial charge in [-0.25, -0.2) is 4.79 Å². The summed E-state index contributed by atoms with van der Waals surface area (Å²) in [5.41, 5.74) is 0.297. The van der Waals surface area contributed by atoms with Gasteiger partial charge >= 0.3 is 5.97 Å². The van der Waals surface area contributed by atoms with Gasteiger partial charge in [0.05, 0.1) is 12.7 Å². The highest BCUT2D eigenvalue weighted by atomic mass is 16.6. The number of hydrogen-bond donors (Lipinski definition) is 2. The number of epoxide rings is 1. The van der Waals surface area contributed by atoms with Crippen LogP contribution >= 0.6 is 0 Å². The van der Waals surface area contributed by atoms with Gasteiger partial charge in [-0.3, -0.25) is 0 Å². The predicted octanol–water partition coefficient (Wildman–Crippen LogP) is -1.41. The molecule has 1 fully saturated rings. The number of fused-ring (bicyclic) bond motifs is 1. The van der Waals surface area contributed by atoms with Crippen LogP contribution in [0.25, 0.3) is 0 Å². The van der Waals surface area contributed by atoms with Crippen LogP contribution in [0.4, 0.5) is 0 Å². The third-order valence-corrected chi connectivity index (χ3v) is 2.29. The average molecular weight is 186 g/mol. The number of hydrogen-bond acceptors (Lipinski definition) is 5. The summed E-state index contributed by atoms with van der Waals surface area (Å²) in [7, 11) is 1.26. The Kier molecular flexibility index (Phi) is 1.87. The van der Waals surface area contributed by atoms with Gasteiger partial charge in [0.2, 0.25) is 0 Å². The van der Waals surface area contributed by atoms with Gasteiger partial charge in [0, 0.05) is 0 Å². The molecule has 1 saturated heterocycles. The van der Waals surface area contributed by atoms with Gasteiger partial charge in [0.25, 0.3) is 0 Å². The lowest BCUT2D eigenvalue weighted by Crippen LogP contribution is -2.36. The number of aliphatic hydroxyl groups is 2. The first-order valence-electron chi connectivity index (χ1n) is 3.96. The molecule has 1 aliphatic heterocycles. The summed E-state index contributed by atoms with van der Waals surface area (Å²) in [4.78, 5) is 11.1. The molecule has 0 unspecified atom stereocenters. The monoisotopic (exact) mass is 186 g/mol. The van der Waals surface area contributed by atoms with Gasteiger partial charge in [-0.2, -0.15) is 0 Å². The molecule has 0 amide bonds. The molecule has 5 heteroatoms. The highest BCUT2D eigenvalue weighted by Crippen LogP contribution is 2.37. The van der Waals surface area contributed by atoms with E-state index < -0.39 is 30.4 Å². The van der Waals surface area contributed by atoms with Crippen molar-refractivity contribution in [3.8, 4) is 0 Å². The van der Waals surface area contributed by atoms with Crippen molar-refractivity contribution in [3.63, 3.8) is 0 Å². The number of esters is 1. The molecule has 0 aromatic rings. The smallest absolute Gasteiger partial charge is 0.336 e. The van der Waals surface area contributed by atoms with Crippen molar-refractivity contribution in [2.24, 2.45) is 0 Å². The second kappa shape index (κ2) is 2.80. The van der Waals surface area contributed by atoms with Gasteiger partial charge in [0.1, 0.15) is 24.4 Å².